The first kappa shape index (κ1) is 24.1. The van der Waals surface area contributed by atoms with Gasteiger partial charge in [-0.1, -0.05) is 39.8 Å². The van der Waals surface area contributed by atoms with Crippen LogP contribution in [0.25, 0.3) is 11.0 Å². The van der Waals surface area contributed by atoms with E-state index >= 15 is 0 Å². The van der Waals surface area contributed by atoms with E-state index in [9.17, 15) is 14.4 Å². The number of rotatable bonds is 8. The number of hydrogen-bond donors (Lipinski definition) is 1. The molecule has 0 aliphatic heterocycles. The standard InChI is InChI=1S/C25H28N4O3S2/c1-15(2)12-29-22-21(23(30)27-25(29)32)19(11-20(26-22)16(3)4)24(31)28(13-17-7-5-9-33-17)14-18-8-6-10-34-18/h5-11,15-16H,12-14H2,1-4H3,(H,27,30,32). The number of nitrogens with zero attached hydrogens (tertiary/aromatic N) is 3. The smallest absolute Gasteiger partial charge is 0.328 e. The number of pyridine rings is 1. The third-order valence-electron chi connectivity index (χ3n) is 5.48. The van der Waals surface area contributed by atoms with Gasteiger partial charge >= 0.3 is 5.69 Å². The Labute approximate surface area is 205 Å². The molecule has 0 fully saturated rings. The predicted octanol–water partition coefficient (Wildman–Crippen LogP) is 4.83. The Balaban J connectivity index is 1.92. The van der Waals surface area contributed by atoms with Crippen LogP contribution in [0.2, 0.25) is 0 Å². The van der Waals surface area contributed by atoms with Gasteiger partial charge in [0.2, 0.25) is 0 Å². The lowest BCUT2D eigenvalue weighted by atomic mass is 10.0. The summed E-state index contributed by atoms with van der Waals surface area (Å²) in [4.78, 5) is 50.7. The summed E-state index contributed by atoms with van der Waals surface area (Å²) >= 11 is 3.17. The van der Waals surface area contributed by atoms with Crippen molar-refractivity contribution in [3.05, 3.63) is 82.9 Å². The van der Waals surface area contributed by atoms with E-state index in [2.05, 4.69) is 9.97 Å². The third-order valence-corrected chi connectivity index (χ3v) is 7.20. The zero-order valence-corrected chi connectivity index (χ0v) is 21.3. The quantitative estimate of drug-likeness (QED) is 0.378. The summed E-state index contributed by atoms with van der Waals surface area (Å²) in [6.07, 6.45) is 0. The van der Waals surface area contributed by atoms with Crippen LogP contribution in [0.5, 0.6) is 0 Å². The lowest BCUT2D eigenvalue weighted by molar-refractivity contribution is 0.0735. The number of nitrogens with one attached hydrogen (secondary N) is 1. The fourth-order valence-electron chi connectivity index (χ4n) is 3.84. The zero-order chi connectivity index (χ0) is 24.4. The number of H-pyrrole nitrogens is 1. The van der Waals surface area contributed by atoms with E-state index in [-0.39, 0.29) is 34.3 Å². The highest BCUT2D eigenvalue weighted by Gasteiger charge is 2.25. The minimum atomic E-state index is -0.585. The topological polar surface area (TPSA) is 88.1 Å². The first-order valence-electron chi connectivity index (χ1n) is 11.3. The SMILES string of the molecule is CC(C)Cn1c(=O)[nH]c(=O)c2c(C(=O)N(Cc3cccs3)Cc3cccs3)cc(C(C)C)nc21. The van der Waals surface area contributed by atoms with Gasteiger partial charge in [-0.2, -0.15) is 0 Å². The van der Waals surface area contributed by atoms with E-state index in [0.717, 1.165) is 9.75 Å². The molecule has 0 unspecified atom stereocenters. The van der Waals surface area contributed by atoms with Gasteiger partial charge in [0.15, 0.2) is 5.65 Å². The van der Waals surface area contributed by atoms with E-state index < -0.39 is 11.2 Å². The van der Waals surface area contributed by atoms with Gasteiger partial charge < -0.3 is 4.90 Å². The molecule has 34 heavy (non-hydrogen) atoms. The van der Waals surface area contributed by atoms with Crippen molar-refractivity contribution in [2.45, 2.75) is 53.2 Å². The second kappa shape index (κ2) is 10.1. The fraction of sp³-hybridized carbons (Fsp3) is 0.360. The Morgan fingerprint density at radius 3 is 2.18 bits per heavy atom. The van der Waals surface area contributed by atoms with Crippen LogP contribution < -0.4 is 11.2 Å². The van der Waals surface area contributed by atoms with Crippen molar-refractivity contribution >= 4 is 39.6 Å². The Morgan fingerprint density at radius 1 is 1.06 bits per heavy atom. The van der Waals surface area contributed by atoms with Crippen molar-refractivity contribution in [3.8, 4) is 0 Å². The predicted molar refractivity (Wildman–Crippen MR) is 138 cm³/mol. The van der Waals surface area contributed by atoms with Crippen LogP contribution in [0.15, 0.2) is 50.7 Å². The highest BCUT2D eigenvalue weighted by atomic mass is 32.1. The first-order valence-corrected chi connectivity index (χ1v) is 13.0. The maximum absolute atomic E-state index is 14.0. The molecule has 0 saturated carbocycles. The molecular formula is C25H28N4O3S2. The monoisotopic (exact) mass is 496 g/mol. The molecule has 0 radical (unpaired) electrons. The Morgan fingerprint density at radius 2 is 1.68 bits per heavy atom. The molecule has 1 N–H and O–H groups in total. The molecule has 0 saturated heterocycles. The number of fused-ring (bicyclic) bond motifs is 1. The van der Waals surface area contributed by atoms with Crippen molar-refractivity contribution < 1.29 is 4.79 Å². The fourth-order valence-corrected chi connectivity index (χ4v) is 5.28. The van der Waals surface area contributed by atoms with Crippen molar-refractivity contribution in [2.75, 3.05) is 0 Å². The summed E-state index contributed by atoms with van der Waals surface area (Å²) in [6.45, 7) is 9.20. The number of aromatic nitrogens is 3. The molecule has 7 nitrogen and oxygen atoms in total. The van der Waals surface area contributed by atoms with E-state index in [1.54, 1.807) is 33.6 Å². The van der Waals surface area contributed by atoms with Gasteiger partial charge in [0, 0.05) is 22.0 Å². The van der Waals surface area contributed by atoms with Gasteiger partial charge in [0.1, 0.15) is 0 Å². The minimum Gasteiger partial charge on any atom is -0.328 e. The first-order chi connectivity index (χ1) is 16.2. The summed E-state index contributed by atoms with van der Waals surface area (Å²) in [5.41, 5.74) is 0.126. The molecule has 4 rings (SSSR count). The molecular weight excluding hydrogens is 468 g/mol. The molecule has 0 aliphatic rings. The maximum Gasteiger partial charge on any atom is 0.330 e. The van der Waals surface area contributed by atoms with Crippen LogP contribution in [0.3, 0.4) is 0 Å². The van der Waals surface area contributed by atoms with E-state index in [1.165, 1.54) is 4.57 Å². The second-order valence-electron chi connectivity index (χ2n) is 9.03. The van der Waals surface area contributed by atoms with Crippen LogP contribution in [-0.2, 0) is 19.6 Å². The van der Waals surface area contributed by atoms with Gasteiger partial charge in [-0.25, -0.2) is 9.78 Å². The van der Waals surface area contributed by atoms with Crippen molar-refractivity contribution in [2.24, 2.45) is 5.92 Å². The van der Waals surface area contributed by atoms with Crippen molar-refractivity contribution in [1.82, 2.24) is 19.4 Å². The Kier molecular flexibility index (Phi) is 7.13. The van der Waals surface area contributed by atoms with E-state index in [4.69, 9.17) is 0 Å². The normalized spacial score (nSPS) is 11.6. The number of carbonyl (C=O) groups excluding carboxylic acids is 1. The average Bonchev–Trinajstić information content (AvgIpc) is 3.49. The second-order valence-corrected chi connectivity index (χ2v) is 11.1. The van der Waals surface area contributed by atoms with Crippen LogP contribution >= 0.6 is 22.7 Å². The lowest BCUT2D eigenvalue weighted by Gasteiger charge is -2.23. The number of amides is 1. The van der Waals surface area contributed by atoms with E-state index in [1.807, 2.05) is 62.7 Å². The van der Waals surface area contributed by atoms with Crippen LogP contribution in [-0.4, -0.2) is 25.3 Å². The minimum absolute atomic E-state index is 0.0147. The summed E-state index contributed by atoms with van der Waals surface area (Å²) < 4.78 is 1.48. The maximum atomic E-state index is 14.0. The zero-order valence-electron chi connectivity index (χ0n) is 19.7. The number of aromatic amines is 1. The molecule has 0 aromatic carbocycles. The van der Waals surface area contributed by atoms with Crippen LogP contribution in [0.4, 0.5) is 0 Å². The summed E-state index contributed by atoms with van der Waals surface area (Å²) in [6, 6.07) is 9.63. The van der Waals surface area contributed by atoms with E-state index in [0.29, 0.717) is 25.3 Å². The molecule has 0 bridgehead atoms. The molecule has 0 atom stereocenters. The molecule has 178 valence electrons. The molecule has 9 heteroatoms. The van der Waals surface area contributed by atoms with Gasteiger partial charge in [-0.3, -0.25) is 19.1 Å². The average molecular weight is 497 g/mol. The summed E-state index contributed by atoms with van der Waals surface area (Å²) in [7, 11) is 0. The number of hydrogen-bond acceptors (Lipinski definition) is 6. The lowest BCUT2D eigenvalue weighted by Crippen LogP contribution is -2.35. The van der Waals surface area contributed by atoms with Crippen molar-refractivity contribution in [3.63, 3.8) is 0 Å². The van der Waals surface area contributed by atoms with Crippen LogP contribution in [0.1, 0.15) is 59.4 Å². The molecule has 1 amide bonds. The van der Waals surface area contributed by atoms with Crippen molar-refractivity contribution in [1.29, 1.82) is 0 Å². The highest BCUT2D eigenvalue weighted by molar-refractivity contribution is 7.10. The molecule has 0 aliphatic carbocycles. The number of carbonyl (C=O) groups is 1. The van der Waals surface area contributed by atoms with Gasteiger partial charge in [0.05, 0.1) is 24.0 Å². The van der Waals surface area contributed by atoms with Crippen LogP contribution in [0, 0.1) is 5.92 Å². The summed E-state index contributed by atoms with van der Waals surface area (Å²) in [5.74, 6) is -0.0816. The molecule has 4 aromatic rings. The molecule has 0 spiro atoms. The highest BCUT2D eigenvalue weighted by Crippen LogP contribution is 2.24. The Hall–Kier alpha value is -3.04. The van der Waals surface area contributed by atoms with Gasteiger partial charge in [-0.15, -0.1) is 22.7 Å². The van der Waals surface area contributed by atoms with Gasteiger partial charge in [0.25, 0.3) is 11.5 Å². The largest absolute Gasteiger partial charge is 0.330 e. The number of thiophene rings is 2. The third kappa shape index (κ3) is 5.05. The molecule has 4 aromatic heterocycles. The molecule has 4 heterocycles. The van der Waals surface area contributed by atoms with Gasteiger partial charge in [-0.05, 0) is 40.8 Å². The summed E-state index contributed by atoms with van der Waals surface area (Å²) in [5, 5.41) is 4.13. The Bertz CT molecular complexity index is 1360.